The molecule has 0 bridgehead atoms. The highest BCUT2D eigenvalue weighted by molar-refractivity contribution is 6.32. The minimum absolute atomic E-state index is 0.0802. The zero-order valence-corrected chi connectivity index (χ0v) is 10.3. The Morgan fingerprint density at radius 3 is 3.35 bits per heavy atom. The average molecular weight is 259 g/mol. The highest BCUT2D eigenvalue weighted by Crippen LogP contribution is 2.12. The van der Waals surface area contributed by atoms with Gasteiger partial charge in [0.25, 0.3) is 5.56 Å². The number of morpholine rings is 1. The summed E-state index contributed by atoms with van der Waals surface area (Å²) in [7, 11) is 2.05. The number of nitrogens with zero attached hydrogens (tertiary/aromatic N) is 2. The van der Waals surface area contributed by atoms with Crippen molar-refractivity contribution in [2.45, 2.75) is 6.10 Å². The number of likely N-dealkylation sites (N-methyl/N-ethyl adjacent to an activating group) is 1. The zero-order chi connectivity index (χ0) is 12.3. The summed E-state index contributed by atoms with van der Waals surface area (Å²) in [5.74, 6) is 0.396. The lowest BCUT2D eigenvalue weighted by atomic mass is 10.3. The SMILES string of the molecule is CN1CCOC(CNc2nc[nH]c(=O)c2Cl)C1. The lowest BCUT2D eigenvalue weighted by Crippen LogP contribution is -2.43. The molecule has 17 heavy (non-hydrogen) atoms. The highest BCUT2D eigenvalue weighted by Gasteiger charge is 2.18. The molecule has 2 N–H and O–H groups in total. The Kier molecular flexibility index (Phi) is 3.98. The smallest absolute Gasteiger partial charge is 0.271 e. The number of H-pyrrole nitrogens is 1. The Labute approximate surface area is 104 Å². The van der Waals surface area contributed by atoms with E-state index in [-0.39, 0.29) is 16.7 Å². The Balaban J connectivity index is 1.93. The van der Waals surface area contributed by atoms with E-state index in [1.165, 1.54) is 6.33 Å². The second kappa shape index (κ2) is 5.48. The van der Waals surface area contributed by atoms with Crippen molar-refractivity contribution in [2.75, 3.05) is 38.6 Å². The van der Waals surface area contributed by atoms with Crippen LogP contribution in [0, 0.1) is 0 Å². The Morgan fingerprint density at radius 2 is 2.59 bits per heavy atom. The van der Waals surface area contributed by atoms with Gasteiger partial charge >= 0.3 is 0 Å². The third kappa shape index (κ3) is 3.18. The first kappa shape index (κ1) is 12.3. The largest absolute Gasteiger partial charge is 0.374 e. The van der Waals surface area contributed by atoms with Crippen LogP contribution in [0.25, 0.3) is 0 Å². The van der Waals surface area contributed by atoms with Crippen molar-refractivity contribution in [3.05, 3.63) is 21.7 Å². The predicted molar refractivity (Wildman–Crippen MR) is 65.6 cm³/mol. The molecule has 1 atom stereocenters. The molecule has 2 heterocycles. The molecular weight excluding hydrogens is 244 g/mol. The molecular formula is C10H15ClN4O2. The lowest BCUT2D eigenvalue weighted by Gasteiger charge is -2.30. The van der Waals surface area contributed by atoms with Gasteiger partial charge in [0.1, 0.15) is 5.02 Å². The number of halogens is 1. The molecule has 94 valence electrons. The normalized spacial score (nSPS) is 21.4. The van der Waals surface area contributed by atoms with Crippen LogP contribution >= 0.6 is 11.6 Å². The van der Waals surface area contributed by atoms with Crippen LogP contribution < -0.4 is 10.9 Å². The molecule has 0 aliphatic carbocycles. The van der Waals surface area contributed by atoms with Gasteiger partial charge in [-0.05, 0) is 7.05 Å². The number of hydrogen-bond donors (Lipinski definition) is 2. The van der Waals surface area contributed by atoms with E-state index in [1.807, 2.05) is 7.05 Å². The van der Waals surface area contributed by atoms with Crippen LogP contribution in [-0.4, -0.2) is 54.3 Å². The average Bonchev–Trinajstić information content (AvgIpc) is 2.31. The van der Waals surface area contributed by atoms with Gasteiger partial charge in [-0.2, -0.15) is 0 Å². The van der Waals surface area contributed by atoms with Gasteiger partial charge in [0.2, 0.25) is 0 Å². The molecule has 1 aliphatic rings. The molecule has 0 amide bonds. The van der Waals surface area contributed by atoms with Crippen LogP contribution in [0.1, 0.15) is 0 Å². The third-order valence-electron chi connectivity index (χ3n) is 2.64. The minimum Gasteiger partial charge on any atom is -0.374 e. The van der Waals surface area contributed by atoms with Crippen molar-refractivity contribution in [2.24, 2.45) is 0 Å². The van der Waals surface area contributed by atoms with Crippen LogP contribution in [0.5, 0.6) is 0 Å². The molecule has 1 aromatic rings. The summed E-state index contributed by atoms with van der Waals surface area (Å²) in [6.45, 7) is 3.11. The van der Waals surface area contributed by atoms with E-state index in [4.69, 9.17) is 16.3 Å². The predicted octanol–water partition coefficient (Wildman–Crippen LogP) is 0.166. The number of anilines is 1. The molecule has 0 radical (unpaired) electrons. The van der Waals surface area contributed by atoms with Crippen molar-refractivity contribution < 1.29 is 4.74 Å². The Hall–Kier alpha value is -1.11. The van der Waals surface area contributed by atoms with E-state index >= 15 is 0 Å². The molecule has 1 aromatic heterocycles. The summed E-state index contributed by atoms with van der Waals surface area (Å²) >= 11 is 5.82. The monoisotopic (exact) mass is 258 g/mol. The topological polar surface area (TPSA) is 70.2 Å². The summed E-state index contributed by atoms with van der Waals surface area (Å²) in [4.78, 5) is 19.8. The van der Waals surface area contributed by atoms with Gasteiger partial charge in [0.15, 0.2) is 5.82 Å². The molecule has 0 spiro atoms. The first-order chi connectivity index (χ1) is 8.16. The summed E-state index contributed by atoms with van der Waals surface area (Å²) < 4.78 is 5.58. The molecule has 2 rings (SSSR count). The lowest BCUT2D eigenvalue weighted by molar-refractivity contribution is -0.0117. The van der Waals surface area contributed by atoms with Crippen LogP contribution in [-0.2, 0) is 4.74 Å². The quantitative estimate of drug-likeness (QED) is 0.809. The van der Waals surface area contributed by atoms with E-state index in [1.54, 1.807) is 0 Å². The number of ether oxygens (including phenoxy) is 1. The molecule has 1 aliphatic heterocycles. The fraction of sp³-hybridized carbons (Fsp3) is 0.600. The summed E-state index contributed by atoms with van der Waals surface area (Å²) in [5.41, 5.74) is -0.342. The molecule has 0 aromatic carbocycles. The van der Waals surface area contributed by atoms with Gasteiger partial charge < -0.3 is 19.9 Å². The van der Waals surface area contributed by atoms with Crippen molar-refractivity contribution in [3.8, 4) is 0 Å². The van der Waals surface area contributed by atoms with E-state index < -0.39 is 0 Å². The number of nitrogens with one attached hydrogen (secondary N) is 2. The Morgan fingerprint density at radius 1 is 1.76 bits per heavy atom. The maximum Gasteiger partial charge on any atom is 0.271 e. The van der Waals surface area contributed by atoms with Gasteiger partial charge in [-0.1, -0.05) is 11.6 Å². The minimum atomic E-state index is -0.342. The van der Waals surface area contributed by atoms with Crippen molar-refractivity contribution in [1.29, 1.82) is 0 Å². The maximum absolute atomic E-state index is 11.2. The van der Waals surface area contributed by atoms with Gasteiger partial charge in [-0.25, -0.2) is 4.98 Å². The second-order valence-electron chi connectivity index (χ2n) is 4.03. The standard InChI is InChI=1S/C10H15ClN4O2/c1-15-2-3-17-7(5-15)4-12-9-8(11)10(16)14-6-13-9/h6-7H,2-5H2,1H3,(H2,12,13,14,16). The molecule has 7 heteroatoms. The van der Waals surface area contributed by atoms with Crippen LogP contribution in [0.4, 0.5) is 5.82 Å². The maximum atomic E-state index is 11.2. The van der Waals surface area contributed by atoms with E-state index in [2.05, 4.69) is 20.2 Å². The number of rotatable bonds is 3. The van der Waals surface area contributed by atoms with E-state index in [9.17, 15) is 4.79 Å². The fourth-order valence-electron chi connectivity index (χ4n) is 1.71. The second-order valence-corrected chi connectivity index (χ2v) is 4.41. The zero-order valence-electron chi connectivity index (χ0n) is 9.57. The molecule has 1 fully saturated rings. The molecule has 6 nitrogen and oxygen atoms in total. The first-order valence-corrected chi connectivity index (χ1v) is 5.82. The van der Waals surface area contributed by atoms with Crippen LogP contribution in [0.3, 0.4) is 0 Å². The third-order valence-corrected chi connectivity index (χ3v) is 2.99. The number of aromatic nitrogens is 2. The van der Waals surface area contributed by atoms with Crippen molar-refractivity contribution in [3.63, 3.8) is 0 Å². The summed E-state index contributed by atoms with van der Waals surface area (Å²) in [5, 5.41) is 3.11. The number of hydrogen-bond acceptors (Lipinski definition) is 5. The van der Waals surface area contributed by atoms with Crippen molar-refractivity contribution in [1.82, 2.24) is 14.9 Å². The van der Waals surface area contributed by atoms with Gasteiger partial charge in [-0.15, -0.1) is 0 Å². The van der Waals surface area contributed by atoms with Crippen molar-refractivity contribution >= 4 is 17.4 Å². The fourth-order valence-corrected chi connectivity index (χ4v) is 1.88. The first-order valence-electron chi connectivity index (χ1n) is 5.44. The van der Waals surface area contributed by atoms with E-state index in [0.717, 1.165) is 19.7 Å². The highest BCUT2D eigenvalue weighted by atomic mass is 35.5. The molecule has 0 saturated carbocycles. The summed E-state index contributed by atoms with van der Waals surface area (Å²) in [6.07, 6.45) is 1.41. The van der Waals surface area contributed by atoms with E-state index in [0.29, 0.717) is 12.4 Å². The molecule has 1 unspecified atom stereocenters. The van der Waals surface area contributed by atoms with Crippen LogP contribution in [0.2, 0.25) is 5.02 Å². The van der Waals surface area contributed by atoms with Gasteiger partial charge in [0, 0.05) is 19.6 Å². The van der Waals surface area contributed by atoms with Gasteiger partial charge in [0.05, 0.1) is 19.0 Å². The van der Waals surface area contributed by atoms with Gasteiger partial charge in [-0.3, -0.25) is 4.79 Å². The summed E-state index contributed by atoms with van der Waals surface area (Å²) in [6, 6.07) is 0. The Bertz CT molecular complexity index is 437. The number of aromatic amines is 1. The van der Waals surface area contributed by atoms with Crippen LogP contribution in [0.15, 0.2) is 11.1 Å². The molecule has 1 saturated heterocycles.